The number of nitrogens with two attached hydrogens (primary N) is 2. The van der Waals surface area contributed by atoms with E-state index in [0.29, 0.717) is 76.7 Å². The van der Waals surface area contributed by atoms with Gasteiger partial charge in [0.25, 0.3) is 0 Å². The van der Waals surface area contributed by atoms with E-state index in [-0.39, 0.29) is 49.6 Å². The van der Waals surface area contributed by atoms with Gasteiger partial charge in [0.2, 0.25) is 0 Å². The molecule has 9 aromatic heterocycles. The van der Waals surface area contributed by atoms with Crippen LogP contribution in [0.2, 0.25) is 0 Å². The first-order valence-corrected chi connectivity index (χ1v) is 26.9. The molecule has 0 saturated carbocycles. The summed E-state index contributed by atoms with van der Waals surface area (Å²) in [5.41, 5.74) is 14.5. The average Bonchev–Trinajstić information content (AvgIpc) is 4.35. The number of piperazine rings is 1. The van der Waals surface area contributed by atoms with Gasteiger partial charge < -0.3 is 36.6 Å². The van der Waals surface area contributed by atoms with Crippen molar-refractivity contribution in [3.8, 4) is 34.2 Å². The van der Waals surface area contributed by atoms with Crippen LogP contribution in [0.5, 0.6) is 0 Å². The van der Waals surface area contributed by atoms with Crippen LogP contribution < -0.4 is 31.5 Å². The van der Waals surface area contributed by atoms with Crippen LogP contribution in [0.25, 0.3) is 67.3 Å². The van der Waals surface area contributed by atoms with Gasteiger partial charge in [0, 0.05) is 95.5 Å². The summed E-state index contributed by atoms with van der Waals surface area (Å²) in [7, 11) is 0. The molecule has 3 saturated heterocycles. The zero-order valence-corrected chi connectivity index (χ0v) is 44.6. The molecule has 0 radical (unpaired) electrons. The third kappa shape index (κ3) is 11.6. The second kappa shape index (κ2) is 23.7. The number of nitrogens with one attached hydrogen (secondary N) is 4. The van der Waals surface area contributed by atoms with E-state index in [1.807, 2.05) is 30.9 Å². The van der Waals surface area contributed by atoms with Crippen molar-refractivity contribution < 1.29 is 25.5 Å². The molecule has 0 aliphatic carbocycles. The van der Waals surface area contributed by atoms with E-state index in [1.165, 1.54) is 18.2 Å². The summed E-state index contributed by atoms with van der Waals surface area (Å²) < 4.78 is 57.2. The van der Waals surface area contributed by atoms with Crippen molar-refractivity contribution in [1.29, 1.82) is 0 Å². The summed E-state index contributed by atoms with van der Waals surface area (Å²) in [6.45, 7) is 11.9. The maximum Gasteiger partial charge on any atom is 0.181 e. The fourth-order valence-corrected chi connectivity index (χ4v) is 10.7. The smallest absolute Gasteiger partial charge is 0.181 e. The van der Waals surface area contributed by atoms with Crippen molar-refractivity contribution in [3.63, 3.8) is 0 Å². The Bertz CT molecular complexity index is 3380. The number of rotatable bonds is 11. The van der Waals surface area contributed by atoms with Gasteiger partial charge in [-0.05, 0) is 130 Å². The summed E-state index contributed by atoms with van der Waals surface area (Å²) in [6.07, 6.45) is 9.33. The topological polar surface area (TPSA) is 257 Å². The monoisotopic (exact) mass is 1090 g/mol. The SMILES string of the molecule is CC(C)C(O)(CF)C1CN(c2ccc(F)c(-c3[nH]nc4ncccc34)n2)CCN1.CC(N)[C@H]1CCCN(c2ccc(F)c(-c3[nH]nc4ncccc34)n2)C1.CC(N)[C@H]1CCCN(c2ccc(F)c(-c3[nH]nc4ncccc34)n2)C1.[HH].[HH]. The number of piperidine rings is 2. The number of pyridine rings is 6. The molecule has 79 heavy (non-hydrogen) atoms. The van der Waals surface area contributed by atoms with Gasteiger partial charge in [-0.2, -0.15) is 15.3 Å². The van der Waals surface area contributed by atoms with Gasteiger partial charge in [-0.25, -0.2) is 47.5 Å². The molecular formula is C56H70F4N18O. The lowest BCUT2D eigenvalue weighted by atomic mass is 9.83. The van der Waals surface area contributed by atoms with Crippen LogP contribution in [0, 0.1) is 35.2 Å². The summed E-state index contributed by atoms with van der Waals surface area (Å²) in [5.74, 6) is 1.48. The minimum atomic E-state index is -1.48. The minimum absolute atomic E-state index is 0. The number of hydrogen-bond donors (Lipinski definition) is 7. The van der Waals surface area contributed by atoms with E-state index in [2.05, 4.69) is 75.6 Å². The van der Waals surface area contributed by atoms with Crippen LogP contribution in [0.3, 0.4) is 0 Å². The predicted octanol–water partition coefficient (Wildman–Crippen LogP) is 8.23. The predicted molar refractivity (Wildman–Crippen MR) is 302 cm³/mol. The molecule has 3 fully saturated rings. The van der Waals surface area contributed by atoms with Gasteiger partial charge in [0.1, 0.15) is 46.8 Å². The van der Waals surface area contributed by atoms with Gasteiger partial charge in [0.05, 0.1) is 23.1 Å². The number of hydrogen-bond acceptors (Lipinski definition) is 16. The molecule has 3 aliphatic heterocycles. The fourth-order valence-electron chi connectivity index (χ4n) is 10.7. The van der Waals surface area contributed by atoms with Crippen molar-refractivity contribution >= 4 is 50.6 Å². The summed E-state index contributed by atoms with van der Waals surface area (Å²) in [6, 6.07) is 20.1. The van der Waals surface area contributed by atoms with Crippen LogP contribution in [0.1, 0.15) is 56.2 Å². The highest BCUT2D eigenvalue weighted by atomic mass is 19.1. The van der Waals surface area contributed by atoms with E-state index >= 15 is 0 Å². The molecule has 6 atom stereocenters. The molecule has 23 heteroatoms. The Morgan fingerprint density at radius 3 is 1.32 bits per heavy atom. The molecule has 12 heterocycles. The zero-order chi connectivity index (χ0) is 55.4. The van der Waals surface area contributed by atoms with E-state index in [1.54, 1.807) is 74.9 Å². The molecule has 9 aromatic rings. The fraction of sp³-hybridized carbons (Fsp3) is 0.411. The molecule has 0 spiro atoms. The number of nitrogens with zero attached hydrogens (tertiary/aromatic N) is 12. The maximum atomic E-state index is 14.6. The highest BCUT2D eigenvalue weighted by Gasteiger charge is 2.42. The minimum Gasteiger partial charge on any atom is -0.385 e. The number of alkyl halides is 1. The highest BCUT2D eigenvalue weighted by Crippen LogP contribution is 2.34. The Kier molecular flexibility index (Phi) is 16.4. The molecule has 0 bridgehead atoms. The quantitative estimate of drug-likeness (QED) is 0.0602. The van der Waals surface area contributed by atoms with Crippen LogP contribution >= 0.6 is 0 Å². The largest absolute Gasteiger partial charge is 0.385 e. The average molecular weight is 1090 g/mol. The lowest BCUT2D eigenvalue weighted by Gasteiger charge is -2.44. The van der Waals surface area contributed by atoms with Gasteiger partial charge >= 0.3 is 0 Å². The van der Waals surface area contributed by atoms with E-state index in [0.717, 1.165) is 74.3 Å². The molecule has 4 unspecified atom stereocenters. The standard InChI is InChI=1S/C20H24F2N6O.2C18H21FN6.2H2/c1-12(2)20(29,11-21)15-10-28(9-8-23-15)16-6-5-14(22)18(25-16)17-13-4-3-7-24-19(13)27-26-17;2*1-11(20)12-4-3-9-25(10-12)15-7-6-14(19)17(22-15)16-13-5-2-8-21-18(13)24-23-16;;/h3-7,12,15,23,29H,8-11H2,1-2H3,(H,24,26,27);2*2,5-8,11-12H,3-4,9-10,20H2,1H3,(H,21,23,24);2*1H/t;2*11?,12-;;/m.00../s1. The lowest BCUT2D eigenvalue weighted by molar-refractivity contribution is -0.0578. The third-order valence-electron chi connectivity index (χ3n) is 15.6. The number of H-pyrrole nitrogens is 3. The Morgan fingerprint density at radius 2 is 0.962 bits per heavy atom. The van der Waals surface area contributed by atoms with Crippen LogP contribution in [0.4, 0.5) is 35.0 Å². The van der Waals surface area contributed by atoms with Crippen LogP contribution in [0.15, 0.2) is 91.4 Å². The molecule has 418 valence electrons. The highest BCUT2D eigenvalue weighted by molar-refractivity contribution is 5.91. The van der Waals surface area contributed by atoms with Crippen molar-refractivity contribution in [1.82, 2.24) is 65.8 Å². The van der Waals surface area contributed by atoms with Crippen LogP contribution in [-0.2, 0) is 0 Å². The van der Waals surface area contributed by atoms with Crippen LogP contribution in [-0.4, -0.2) is 142 Å². The maximum absolute atomic E-state index is 14.6. The Morgan fingerprint density at radius 1 is 0.582 bits per heavy atom. The molecular weight excluding hydrogens is 1020 g/mol. The van der Waals surface area contributed by atoms with Crippen molar-refractivity contribution in [2.24, 2.45) is 29.2 Å². The second-order valence-electron chi connectivity index (χ2n) is 21.1. The summed E-state index contributed by atoms with van der Waals surface area (Å²) >= 11 is 0. The lowest BCUT2D eigenvalue weighted by Crippen LogP contribution is -2.64. The first-order chi connectivity index (χ1) is 38.2. The van der Waals surface area contributed by atoms with Gasteiger partial charge in [-0.15, -0.1) is 0 Å². The molecule has 3 aliphatic rings. The van der Waals surface area contributed by atoms with E-state index < -0.39 is 24.1 Å². The first kappa shape index (κ1) is 54.6. The second-order valence-corrected chi connectivity index (χ2v) is 21.1. The third-order valence-corrected chi connectivity index (χ3v) is 15.6. The molecule has 0 aromatic carbocycles. The molecule has 9 N–H and O–H groups in total. The summed E-state index contributed by atoms with van der Waals surface area (Å²) in [4.78, 5) is 32.6. The summed E-state index contributed by atoms with van der Waals surface area (Å²) in [5, 5.41) is 37.2. The number of aliphatic hydroxyl groups is 1. The normalized spacial score (nSPS) is 19.4. The van der Waals surface area contributed by atoms with Gasteiger partial charge in [-0.1, -0.05) is 13.8 Å². The zero-order valence-electron chi connectivity index (χ0n) is 44.6. The number of anilines is 3. The number of aromatic nitrogens is 12. The Labute approximate surface area is 457 Å². The molecule has 0 amide bonds. The van der Waals surface area contributed by atoms with Crippen molar-refractivity contribution in [2.75, 3.05) is 67.2 Å². The van der Waals surface area contributed by atoms with Gasteiger partial charge in [-0.3, -0.25) is 15.3 Å². The molecule has 12 rings (SSSR count). The number of halogens is 4. The van der Waals surface area contributed by atoms with Crippen molar-refractivity contribution in [2.45, 2.75) is 77.1 Å². The first-order valence-electron chi connectivity index (χ1n) is 26.9. The molecule has 19 nitrogen and oxygen atoms in total. The Hall–Kier alpha value is -7.73. The number of fused-ring (bicyclic) bond motifs is 3. The Balaban J connectivity index is 0.000000158. The van der Waals surface area contributed by atoms with Crippen molar-refractivity contribution in [3.05, 3.63) is 109 Å². The van der Waals surface area contributed by atoms with E-state index in [9.17, 15) is 22.7 Å². The van der Waals surface area contributed by atoms with E-state index in [4.69, 9.17) is 11.5 Å². The number of aromatic amines is 3. The van der Waals surface area contributed by atoms with Gasteiger partial charge in [0.15, 0.2) is 34.4 Å².